The smallest absolute Gasteiger partial charge is 0.208 e. The Hall–Kier alpha value is -4.52. The van der Waals surface area contributed by atoms with Gasteiger partial charge in [0.05, 0.1) is 0 Å². The summed E-state index contributed by atoms with van der Waals surface area (Å²) < 4.78 is 0. The van der Waals surface area contributed by atoms with Gasteiger partial charge in [-0.25, -0.2) is 0 Å². The summed E-state index contributed by atoms with van der Waals surface area (Å²) in [7, 11) is 0. The third-order valence-corrected chi connectivity index (χ3v) is 4.91. The molecule has 0 bridgehead atoms. The number of aromatic hydroxyl groups is 6. The van der Waals surface area contributed by atoms with E-state index in [4.69, 9.17) is 0 Å². The van der Waals surface area contributed by atoms with Crippen LogP contribution in [0.25, 0.3) is 11.1 Å². The lowest BCUT2D eigenvalue weighted by atomic mass is 10.0. The van der Waals surface area contributed by atoms with Crippen LogP contribution in [0.3, 0.4) is 0 Å². The molecule has 0 saturated heterocycles. The summed E-state index contributed by atoms with van der Waals surface area (Å²) in [6.45, 7) is 0. The number of para-hydroxylation sites is 1. The first-order chi connectivity index (χ1) is 14.9. The summed E-state index contributed by atoms with van der Waals surface area (Å²) >= 11 is 0. The first-order valence-corrected chi connectivity index (χ1v) is 9.32. The maximum absolute atomic E-state index is 10.5. The van der Waals surface area contributed by atoms with E-state index < -0.39 is 28.7 Å². The van der Waals surface area contributed by atoms with Crippen molar-refractivity contribution in [3.05, 3.63) is 78.9 Å². The molecule has 0 saturated carbocycles. The van der Waals surface area contributed by atoms with Crippen LogP contribution in [0, 0.1) is 0 Å². The minimum atomic E-state index is -1.02. The zero-order valence-corrected chi connectivity index (χ0v) is 16.1. The van der Waals surface area contributed by atoms with Crippen molar-refractivity contribution in [3.63, 3.8) is 0 Å². The van der Waals surface area contributed by atoms with Crippen molar-refractivity contribution in [1.82, 2.24) is 0 Å². The number of hydrogen-bond donors (Lipinski definition) is 6. The number of rotatable bonds is 4. The normalized spacial score (nSPS) is 10.7. The van der Waals surface area contributed by atoms with E-state index in [2.05, 4.69) is 0 Å². The summed E-state index contributed by atoms with van der Waals surface area (Å²) in [5.41, 5.74) is 2.47. The minimum absolute atomic E-state index is 0.161. The fraction of sp³-hybridized carbons (Fsp3) is 0. The molecule has 0 aliphatic carbocycles. The molecule has 156 valence electrons. The van der Waals surface area contributed by atoms with Crippen molar-refractivity contribution in [2.75, 3.05) is 4.90 Å². The molecule has 0 amide bonds. The Labute approximate surface area is 177 Å². The van der Waals surface area contributed by atoms with Crippen molar-refractivity contribution in [1.29, 1.82) is 0 Å². The highest BCUT2D eigenvalue weighted by molar-refractivity contribution is 5.89. The fourth-order valence-corrected chi connectivity index (χ4v) is 3.33. The van der Waals surface area contributed by atoms with Crippen LogP contribution < -0.4 is 4.90 Å². The second-order valence-electron chi connectivity index (χ2n) is 6.86. The highest BCUT2D eigenvalue weighted by Gasteiger charge is 2.28. The van der Waals surface area contributed by atoms with E-state index in [9.17, 15) is 30.6 Å². The lowest BCUT2D eigenvalue weighted by Gasteiger charge is -2.27. The van der Waals surface area contributed by atoms with Crippen LogP contribution in [0.1, 0.15) is 0 Å². The standard InChI is InChI=1S/C24H19NO6/c26-18-12-8-15(9-13-18)14-6-10-17(11-7-14)25(16-4-2-1-3-5-16)19-20(27)22(29)24(31)23(30)21(19)28/h1-13,26-31H. The molecule has 0 aliphatic heterocycles. The Morgan fingerprint density at radius 3 is 1.35 bits per heavy atom. The monoisotopic (exact) mass is 417 g/mol. The predicted octanol–water partition coefficient (Wildman–Crippen LogP) is 5.06. The summed E-state index contributed by atoms with van der Waals surface area (Å²) in [4.78, 5) is 1.43. The third-order valence-electron chi connectivity index (χ3n) is 4.91. The molecule has 31 heavy (non-hydrogen) atoms. The second kappa shape index (κ2) is 7.72. The number of nitrogens with zero attached hydrogens (tertiary/aromatic N) is 1. The fourth-order valence-electron chi connectivity index (χ4n) is 3.33. The van der Waals surface area contributed by atoms with Crippen molar-refractivity contribution in [2.45, 2.75) is 0 Å². The van der Waals surface area contributed by atoms with Gasteiger partial charge in [0.1, 0.15) is 11.4 Å². The summed E-state index contributed by atoms with van der Waals surface area (Å²) in [6, 6.07) is 22.5. The highest BCUT2D eigenvalue weighted by atomic mass is 16.4. The molecular weight excluding hydrogens is 398 g/mol. The molecule has 0 unspecified atom stereocenters. The number of hydrogen-bond acceptors (Lipinski definition) is 7. The molecule has 7 nitrogen and oxygen atoms in total. The molecule has 0 aromatic heterocycles. The van der Waals surface area contributed by atoms with Gasteiger partial charge in [-0.2, -0.15) is 0 Å². The van der Waals surface area contributed by atoms with Crippen molar-refractivity contribution >= 4 is 17.1 Å². The van der Waals surface area contributed by atoms with Gasteiger partial charge in [-0.1, -0.05) is 42.5 Å². The van der Waals surface area contributed by atoms with Crippen LogP contribution in [0.15, 0.2) is 78.9 Å². The van der Waals surface area contributed by atoms with Gasteiger partial charge in [-0.15, -0.1) is 0 Å². The average molecular weight is 417 g/mol. The first kappa shape index (κ1) is 19.8. The molecule has 7 heteroatoms. The van der Waals surface area contributed by atoms with E-state index in [0.29, 0.717) is 11.4 Å². The number of phenols is 6. The molecule has 0 atom stereocenters. The van der Waals surface area contributed by atoms with Crippen LogP contribution in [0.2, 0.25) is 0 Å². The van der Waals surface area contributed by atoms with Crippen molar-refractivity contribution in [2.24, 2.45) is 0 Å². The Balaban J connectivity index is 1.88. The number of phenolic OH excluding ortho intramolecular Hbond substituents is 6. The average Bonchev–Trinajstić information content (AvgIpc) is 2.80. The molecule has 0 aliphatic rings. The molecule has 4 aromatic rings. The first-order valence-electron chi connectivity index (χ1n) is 9.32. The van der Waals surface area contributed by atoms with Gasteiger partial charge in [-0.05, 0) is 47.5 Å². The van der Waals surface area contributed by atoms with E-state index in [1.165, 1.54) is 4.90 Å². The topological polar surface area (TPSA) is 125 Å². The van der Waals surface area contributed by atoms with Gasteiger partial charge >= 0.3 is 0 Å². The minimum Gasteiger partial charge on any atom is -0.508 e. The van der Waals surface area contributed by atoms with E-state index in [1.54, 1.807) is 66.7 Å². The molecule has 0 fully saturated rings. The summed E-state index contributed by atoms with van der Waals surface area (Å²) in [6.07, 6.45) is 0. The molecule has 4 aromatic carbocycles. The summed E-state index contributed by atoms with van der Waals surface area (Å²) in [5, 5.41) is 60.3. The third kappa shape index (κ3) is 3.49. The zero-order valence-electron chi connectivity index (χ0n) is 16.1. The van der Waals surface area contributed by atoms with Gasteiger partial charge in [-0.3, -0.25) is 0 Å². The van der Waals surface area contributed by atoms with Gasteiger partial charge in [0.2, 0.25) is 17.2 Å². The second-order valence-corrected chi connectivity index (χ2v) is 6.86. The van der Waals surface area contributed by atoms with Crippen LogP contribution in [0.5, 0.6) is 34.5 Å². The highest BCUT2D eigenvalue weighted by Crippen LogP contribution is 2.57. The van der Waals surface area contributed by atoms with E-state index in [-0.39, 0.29) is 11.4 Å². The predicted molar refractivity (Wildman–Crippen MR) is 117 cm³/mol. The molecule has 0 heterocycles. The van der Waals surface area contributed by atoms with Crippen molar-refractivity contribution in [3.8, 4) is 45.6 Å². The van der Waals surface area contributed by atoms with E-state index >= 15 is 0 Å². The Morgan fingerprint density at radius 2 is 0.839 bits per heavy atom. The number of anilines is 3. The molecule has 0 spiro atoms. The van der Waals surface area contributed by atoms with Gasteiger partial charge in [0, 0.05) is 11.4 Å². The summed E-state index contributed by atoms with van der Waals surface area (Å²) in [5.74, 6) is -4.35. The lowest BCUT2D eigenvalue weighted by molar-refractivity contribution is 0.329. The molecular formula is C24H19NO6. The van der Waals surface area contributed by atoms with Crippen LogP contribution in [-0.4, -0.2) is 30.6 Å². The van der Waals surface area contributed by atoms with Crippen LogP contribution >= 0.6 is 0 Å². The lowest BCUT2D eigenvalue weighted by Crippen LogP contribution is -2.10. The van der Waals surface area contributed by atoms with E-state index in [1.807, 2.05) is 12.1 Å². The quantitative estimate of drug-likeness (QED) is 0.203. The van der Waals surface area contributed by atoms with Gasteiger partial charge < -0.3 is 35.5 Å². The van der Waals surface area contributed by atoms with Gasteiger partial charge in [0.15, 0.2) is 11.5 Å². The van der Waals surface area contributed by atoms with Crippen LogP contribution in [0.4, 0.5) is 17.1 Å². The Morgan fingerprint density at radius 1 is 0.419 bits per heavy atom. The van der Waals surface area contributed by atoms with Crippen LogP contribution in [-0.2, 0) is 0 Å². The van der Waals surface area contributed by atoms with Crippen molar-refractivity contribution < 1.29 is 30.6 Å². The Bertz CT molecular complexity index is 1190. The molecule has 6 N–H and O–H groups in total. The maximum atomic E-state index is 10.5. The van der Waals surface area contributed by atoms with E-state index in [0.717, 1.165) is 11.1 Å². The maximum Gasteiger partial charge on any atom is 0.208 e. The number of benzene rings is 4. The van der Waals surface area contributed by atoms with Gasteiger partial charge in [0.25, 0.3) is 0 Å². The molecule has 4 rings (SSSR count). The Kier molecular flexibility index (Phi) is 4.92. The molecule has 0 radical (unpaired) electrons. The zero-order chi connectivity index (χ0) is 22.1. The SMILES string of the molecule is Oc1ccc(-c2ccc(N(c3ccccc3)c3c(O)c(O)c(O)c(O)c3O)cc2)cc1. The largest absolute Gasteiger partial charge is 0.508 e.